The number of nitrogens with zero attached hydrogens (tertiary/aromatic N) is 1. The van der Waals surface area contributed by atoms with Crippen LogP contribution in [0.25, 0.3) is 0 Å². The molecule has 18 heavy (non-hydrogen) atoms. The van der Waals surface area contributed by atoms with E-state index in [1.165, 1.54) is 16.7 Å². The molecule has 0 spiro atoms. The zero-order chi connectivity index (χ0) is 14.0. The molecule has 0 saturated carbocycles. The number of nitrogens with two attached hydrogens (primary N) is 1. The summed E-state index contributed by atoms with van der Waals surface area (Å²) in [7, 11) is 3.77. The summed E-state index contributed by atoms with van der Waals surface area (Å²) in [5, 5.41) is 0. The van der Waals surface area contributed by atoms with Crippen molar-refractivity contribution in [2.75, 3.05) is 25.6 Å². The van der Waals surface area contributed by atoms with Gasteiger partial charge >= 0.3 is 0 Å². The van der Waals surface area contributed by atoms with Gasteiger partial charge in [-0.3, -0.25) is 0 Å². The molecule has 1 aromatic carbocycles. The predicted octanol–water partition coefficient (Wildman–Crippen LogP) is 3.17. The standard InChI is InChI=1S/C14H23BrN2O/c1-8(16)7-17(5)13-11(4)12(15)9(2)10(3)14(13)18-6/h8H,7,16H2,1-6H3. The third-order valence-electron chi connectivity index (χ3n) is 3.28. The predicted molar refractivity (Wildman–Crippen MR) is 81.8 cm³/mol. The summed E-state index contributed by atoms with van der Waals surface area (Å²) in [6, 6.07) is 0.125. The Morgan fingerprint density at radius 2 is 1.78 bits per heavy atom. The third-order valence-corrected chi connectivity index (χ3v) is 4.47. The van der Waals surface area contributed by atoms with Gasteiger partial charge in [-0.1, -0.05) is 15.9 Å². The van der Waals surface area contributed by atoms with Crippen molar-refractivity contribution in [2.24, 2.45) is 5.73 Å². The van der Waals surface area contributed by atoms with Crippen LogP contribution in [0.2, 0.25) is 0 Å². The molecule has 4 heteroatoms. The average Bonchev–Trinajstić information content (AvgIpc) is 2.29. The lowest BCUT2D eigenvalue weighted by Crippen LogP contribution is -2.33. The van der Waals surface area contributed by atoms with Crippen molar-refractivity contribution in [1.82, 2.24) is 0 Å². The maximum absolute atomic E-state index is 5.88. The molecule has 3 nitrogen and oxygen atoms in total. The molecule has 0 saturated heterocycles. The van der Waals surface area contributed by atoms with Crippen LogP contribution >= 0.6 is 15.9 Å². The summed E-state index contributed by atoms with van der Waals surface area (Å²) in [5.74, 6) is 0.941. The monoisotopic (exact) mass is 314 g/mol. The average molecular weight is 315 g/mol. The van der Waals surface area contributed by atoms with E-state index in [2.05, 4.69) is 48.6 Å². The quantitative estimate of drug-likeness (QED) is 0.927. The number of likely N-dealkylation sites (N-methyl/N-ethyl adjacent to an activating group) is 1. The van der Waals surface area contributed by atoms with Gasteiger partial charge in [0.25, 0.3) is 0 Å². The molecule has 1 aromatic rings. The lowest BCUT2D eigenvalue weighted by molar-refractivity contribution is 0.410. The molecule has 0 aliphatic carbocycles. The molecule has 1 unspecified atom stereocenters. The number of hydrogen-bond donors (Lipinski definition) is 1. The molecule has 0 fully saturated rings. The Morgan fingerprint density at radius 1 is 1.22 bits per heavy atom. The highest BCUT2D eigenvalue weighted by atomic mass is 79.9. The first kappa shape index (κ1) is 15.3. The fraction of sp³-hybridized carbons (Fsp3) is 0.571. The highest BCUT2D eigenvalue weighted by Crippen LogP contribution is 2.41. The van der Waals surface area contributed by atoms with Gasteiger partial charge in [0.2, 0.25) is 0 Å². The van der Waals surface area contributed by atoms with Crippen LogP contribution in [-0.4, -0.2) is 26.7 Å². The molecular formula is C14H23BrN2O. The van der Waals surface area contributed by atoms with Gasteiger partial charge in [-0.25, -0.2) is 0 Å². The normalized spacial score (nSPS) is 12.4. The number of anilines is 1. The van der Waals surface area contributed by atoms with Crippen LogP contribution in [-0.2, 0) is 0 Å². The first-order valence-corrected chi connectivity index (χ1v) is 6.90. The molecule has 0 aliphatic rings. The first-order valence-electron chi connectivity index (χ1n) is 6.11. The highest BCUT2D eigenvalue weighted by molar-refractivity contribution is 9.10. The summed E-state index contributed by atoms with van der Waals surface area (Å²) in [4.78, 5) is 2.16. The molecule has 0 aliphatic heterocycles. The van der Waals surface area contributed by atoms with Crippen molar-refractivity contribution < 1.29 is 4.74 Å². The van der Waals surface area contributed by atoms with Crippen molar-refractivity contribution in [3.8, 4) is 5.75 Å². The summed E-state index contributed by atoms with van der Waals surface area (Å²) in [6.07, 6.45) is 0. The van der Waals surface area contributed by atoms with Crippen LogP contribution in [0.4, 0.5) is 5.69 Å². The molecule has 0 radical (unpaired) electrons. The Balaban J connectivity index is 3.41. The second-order valence-corrected chi connectivity index (χ2v) is 5.72. The van der Waals surface area contributed by atoms with Crippen molar-refractivity contribution in [3.63, 3.8) is 0 Å². The maximum Gasteiger partial charge on any atom is 0.145 e. The molecular weight excluding hydrogens is 292 g/mol. The van der Waals surface area contributed by atoms with E-state index in [4.69, 9.17) is 10.5 Å². The van der Waals surface area contributed by atoms with Crippen molar-refractivity contribution >= 4 is 21.6 Å². The third kappa shape index (κ3) is 2.81. The van der Waals surface area contributed by atoms with Crippen LogP contribution in [0.1, 0.15) is 23.6 Å². The van der Waals surface area contributed by atoms with Gasteiger partial charge in [-0.15, -0.1) is 0 Å². The van der Waals surface area contributed by atoms with Gasteiger partial charge in [0.1, 0.15) is 5.75 Å². The minimum absolute atomic E-state index is 0.125. The Labute approximate surface area is 118 Å². The van der Waals surface area contributed by atoms with Crippen LogP contribution in [0.3, 0.4) is 0 Å². The summed E-state index contributed by atoms with van der Waals surface area (Å²) in [5.41, 5.74) is 10.6. The fourth-order valence-corrected chi connectivity index (χ4v) is 2.79. The van der Waals surface area contributed by atoms with Gasteiger partial charge in [0.15, 0.2) is 0 Å². The number of methoxy groups -OCH3 is 1. The summed E-state index contributed by atoms with van der Waals surface area (Å²) >= 11 is 3.67. The minimum Gasteiger partial charge on any atom is -0.494 e. The van der Waals surface area contributed by atoms with Crippen molar-refractivity contribution in [2.45, 2.75) is 33.7 Å². The fourth-order valence-electron chi connectivity index (χ4n) is 2.30. The van der Waals surface area contributed by atoms with E-state index < -0.39 is 0 Å². The molecule has 1 rings (SSSR count). The number of rotatable bonds is 4. The van der Waals surface area contributed by atoms with Crippen LogP contribution in [0.5, 0.6) is 5.75 Å². The number of ether oxygens (including phenoxy) is 1. The topological polar surface area (TPSA) is 38.5 Å². The SMILES string of the molecule is COc1c(C)c(C)c(Br)c(C)c1N(C)CC(C)N. The first-order chi connectivity index (χ1) is 8.31. The smallest absolute Gasteiger partial charge is 0.145 e. The van der Waals surface area contributed by atoms with Gasteiger partial charge in [-0.2, -0.15) is 0 Å². The summed E-state index contributed by atoms with van der Waals surface area (Å²) in [6.45, 7) is 9.10. The van der Waals surface area contributed by atoms with E-state index in [0.29, 0.717) is 0 Å². The second-order valence-electron chi connectivity index (χ2n) is 4.93. The molecule has 0 bridgehead atoms. The van der Waals surface area contributed by atoms with Gasteiger partial charge in [-0.05, 0) is 44.4 Å². The Morgan fingerprint density at radius 3 is 2.22 bits per heavy atom. The Bertz CT molecular complexity index is 444. The largest absolute Gasteiger partial charge is 0.494 e. The van der Waals surface area contributed by atoms with E-state index in [1.54, 1.807) is 7.11 Å². The molecule has 102 valence electrons. The van der Waals surface area contributed by atoms with Crippen molar-refractivity contribution in [3.05, 3.63) is 21.2 Å². The second kappa shape index (κ2) is 5.93. The lowest BCUT2D eigenvalue weighted by atomic mass is 10.0. The maximum atomic E-state index is 5.88. The molecule has 0 heterocycles. The number of hydrogen-bond acceptors (Lipinski definition) is 3. The number of halogens is 1. The van der Waals surface area contributed by atoms with E-state index >= 15 is 0 Å². The lowest BCUT2D eigenvalue weighted by Gasteiger charge is -2.28. The Kier molecular flexibility index (Phi) is 5.05. The zero-order valence-corrected chi connectivity index (χ0v) is 13.7. The van der Waals surface area contributed by atoms with Crippen LogP contribution in [0, 0.1) is 20.8 Å². The van der Waals surface area contributed by atoms with Gasteiger partial charge in [0.05, 0.1) is 12.8 Å². The molecule has 2 N–H and O–H groups in total. The van der Waals surface area contributed by atoms with Crippen LogP contribution in [0.15, 0.2) is 4.47 Å². The van der Waals surface area contributed by atoms with E-state index in [1.807, 2.05) is 6.92 Å². The summed E-state index contributed by atoms with van der Waals surface area (Å²) < 4.78 is 6.74. The van der Waals surface area contributed by atoms with Gasteiger partial charge < -0.3 is 15.4 Å². The Hall–Kier alpha value is -0.740. The number of benzene rings is 1. The molecule has 0 aromatic heterocycles. The minimum atomic E-state index is 0.125. The molecule has 0 amide bonds. The van der Waals surface area contributed by atoms with Crippen LogP contribution < -0.4 is 15.4 Å². The van der Waals surface area contributed by atoms with E-state index in [9.17, 15) is 0 Å². The van der Waals surface area contributed by atoms with E-state index in [0.717, 1.165) is 22.5 Å². The highest BCUT2D eigenvalue weighted by Gasteiger charge is 2.19. The van der Waals surface area contributed by atoms with E-state index in [-0.39, 0.29) is 6.04 Å². The van der Waals surface area contributed by atoms with Gasteiger partial charge in [0, 0.05) is 24.1 Å². The zero-order valence-electron chi connectivity index (χ0n) is 12.1. The molecule has 1 atom stereocenters. The van der Waals surface area contributed by atoms with Crippen molar-refractivity contribution in [1.29, 1.82) is 0 Å².